The Bertz CT molecular complexity index is 990. The van der Waals surface area contributed by atoms with Crippen molar-refractivity contribution in [3.05, 3.63) is 64.6 Å². The van der Waals surface area contributed by atoms with Gasteiger partial charge in [0.15, 0.2) is 0 Å². The number of aromatic nitrogens is 2. The maximum atomic E-state index is 13.2. The topological polar surface area (TPSA) is 81.9 Å². The number of amides is 1. The van der Waals surface area contributed by atoms with Crippen molar-refractivity contribution >= 4 is 11.9 Å². The normalized spacial score (nSPS) is 21.2. The number of likely N-dealkylation sites (tertiary alicyclic amines) is 1. The fraction of sp³-hybridized carbons (Fsp3) is 0.364. The highest BCUT2D eigenvalue weighted by Gasteiger charge is 2.39. The number of nitrogens with one attached hydrogen (secondary N) is 1. The van der Waals surface area contributed by atoms with Gasteiger partial charge in [-0.1, -0.05) is 29.8 Å². The zero-order chi connectivity index (χ0) is 19.7. The Morgan fingerprint density at radius 1 is 1.32 bits per heavy atom. The number of allylic oxidation sites excluding steroid dienone is 1. The van der Waals surface area contributed by atoms with E-state index in [1.165, 1.54) is 11.1 Å². The number of nitrogens with zero attached hydrogens (tertiary/aromatic N) is 4. The van der Waals surface area contributed by atoms with Crippen molar-refractivity contribution < 1.29 is 4.79 Å². The van der Waals surface area contributed by atoms with Crippen LogP contribution in [0.1, 0.15) is 49.0 Å². The summed E-state index contributed by atoms with van der Waals surface area (Å²) < 4.78 is 0. The van der Waals surface area contributed by atoms with Crippen LogP contribution in [0.5, 0.6) is 0 Å². The fourth-order valence-electron chi connectivity index (χ4n) is 4.09. The van der Waals surface area contributed by atoms with Crippen LogP contribution in [0.3, 0.4) is 0 Å². The molecule has 2 atom stereocenters. The molecule has 2 heterocycles. The average Bonchev–Trinajstić information content (AvgIpc) is 3.20. The first-order valence-corrected chi connectivity index (χ1v) is 9.63. The van der Waals surface area contributed by atoms with Crippen molar-refractivity contribution in [3.63, 3.8) is 0 Å². The zero-order valence-electron chi connectivity index (χ0n) is 16.1. The van der Waals surface area contributed by atoms with E-state index in [2.05, 4.69) is 46.5 Å². The summed E-state index contributed by atoms with van der Waals surface area (Å²) in [6.45, 7) is 4.89. The fourth-order valence-corrected chi connectivity index (χ4v) is 4.09. The number of aryl methyl sites for hydroxylation is 1. The first-order valence-electron chi connectivity index (χ1n) is 9.63. The van der Waals surface area contributed by atoms with Gasteiger partial charge in [-0.2, -0.15) is 5.26 Å². The molecule has 1 amide bonds. The van der Waals surface area contributed by atoms with Crippen LogP contribution in [0.15, 0.2) is 47.8 Å². The molecular weight excluding hydrogens is 350 g/mol. The number of benzene rings is 1. The van der Waals surface area contributed by atoms with Crippen molar-refractivity contribution in [2.45, 2.75) is 39.2 Å². The SMILES string of the molecule is CC1=C(Nc2nccc(C#N)n2)CC1C(=O)N1CCCC1c1cccc(C)c1. The van der Waals surface area contributed by atoms with E-state index in [9.17, 15) is 4.79 Å². The number of hydrogen-bond donors (Lipinski definition) is 1. The summed E-state index contributed by atoms with van der Waals surface area (Å²) in [6, 6.07) is 12.2. The molecule has 1 aromatic heterocycles. The lowest BCUT2D eigenvalue weighted by atomic mass is 9.81. The summed E-state index contributed by atoms with van der Waals surface area (Å²) in [5.74, 6) is 0.518. The van der Waals surface area contributed by atoms with Crippen molar-refractivity contribution in [2.75, 3.05) is 11.9 Å². The highest BCUT2D eigenvalue weighted by atomic mass is 16.2. The van der Waals surface area contributed by atoms with Gasteiger partial charge in [0.1, 0.15) is 11.8 Å². The largest absolute Gasteiger partial charge is 0.335 e. The van der Waals surface area contributed by atoms with Gasteiger partial charge in [-0.15, -0.1) is 0 Å². The molecule has 1 saturated heterocycles. The zero-order valence-corrected chi connectivity index (χ0v) is 16.1. The Hall–Kier alpha value is -3.20. The van der Waals surface area contributed by atoms with Crippen molar-refractivity contribution in [1.29, 1.82) is 5.26 Å². The molecule has 1 fully saturated rings. The number of carbonyl (C=O) groups excluding carboxylic acids is 1. The van der Waals surface area contributed by atoms with Crippen LogP contribution in [-0.4, -0.2) is 27.3 Å². The predicted molar refractivity (Wildman–Crippen MR) is 106 cm³/mol. The van der Waals surface area contributed by atoms with Crippen LogP contribution >= 0.6 is 0 Å². The molecule has 1 N–H and O–H groups in total. The van der Waals surface area contributed by atoms with E-state index in [4.69, 9.17) is 5.26 Å². The van der Waals surface area contributed by atoms with Gasteiger partial charge in [-0.3, -0.25) is 4.79 Å². The van der Waals surface area contributed by atoms with Crippen molar-refractivity contribution in [1.82, 2.24) is 14.9 Å². The monoisotopic (exact) mass is 373 g/mol. The highest BCUT2D eigenvalue weighted by molar-refractivity contribution is 5.85. The first-order chi connectivity index (χ1) is 13.6. The van der Waals surface area contributed by atoms with Gasteiger partial charge in [-0.25, -0.2) is 9.97 Å². The molecule has 6 heteroatoms. The van der Waals surface area contributed by atoms with Crippen molar-refractivity contribution in [2.24, 2.45) is 5.92 Å². The second-order valence-electron chi connectivity index (χ2n) is 7.52. The molecule has 1 aliphatic carbocycles. The molecule has 6 nitrogen and oxygen atoms in total. The summed E-state index contributed by atoms with van der Waals surface area (Å²) in [4.78, 5) is 23.5. The third-order valence-electron chi connectivity index (χ3n) is 5.70. The minimum atomic E-state index is -0.0907. The molecule has 0 radical (unpaired) electrons. The van der Waals surface area contributed by atoms with Crippen LogP contribution in [0.2, 0.25) is 0 Å². The van der Waals surface area contributed by atoms with Gasteiger partial charge in [0, 0.05) is 24.9 Å². The number of anilines is 1. The van der Waals surface area contributed by atoms with Gasteiger partial charge in [-0.05, 0) is 43.9 Å². The number of carbonyl (C=O) groups is 1. The molecule has 142 valence electrons. The number of nitriles is 1. The second kappa shape index (κ2) is 7.43. The molecule has 1 aromatic carbocycles. The van der Waals surface area contributed by atoms with Gasteiger partial charge in [0.2, 0.25) is 11.9 Å². The number of hydrogen-bond acceptors (Lipinski definition) is 5. The average molecular weight is 373 g/mol. The standard InChI is InChI=1S/C22H23N5O/c1-14-5-3-6-16(11-14)20-7-4-10-27(20)21(28)18-12-19(15(18)2)26-22-24-9-8-17(13-23)25-22/h3,5-6,8-9,11,18,20H,4,7,10,12H2,1-2H3,(H,24,25,26). The Balaban J connectivity index is 1.48. The second-order valence-corrected chi connectivity index (χ2v) is 7.52. The smallest absolute Gasteiger partial charge is 0.230 e. The quantitative estimate of drug-likeness (QED) is 0.883. The molecule has 2 unspecified atom stereocenters. The Kier molecular flexibility index (Phi) is 4.82. The van der Waals surface area contributed by atoms with E-state index in [1.807, 2.05) is 17.9 Å². The summed E-state index contributed by atoms with van der Waals surface area (Å²) >= 11 is 0. The predicted octanol–water partition coefficient (Wildman–Crippen LogP) is 3.73. The summed E-state index contributed by atoms with van der Waals surface area (Å²) in [7, 11) is 0. The Labute approximate surface area is 164 Å². The summed E-state index contributed by atoms with van der Waals surface area (Å²) in [5.41, 5.74) is 4.78. The molecule has 4 rings (SSSR count). The van der Waals surface area contributed by atoms with E-state index in [-0.39, 0.29) is 17.9 Å². The van der Waals surface area contributed by atoms with E-state index >= 15 is 0 Å². The Morgan fingerprint density at radius 3 is 2.93 bits per heavy atom. The van der Waals surface area contributed by atoms with Crippen LogP contribution in [0.4, 0.5) is 5.95 Å². The molecule has 2 aliphatic rings. The molecule has 0 saturated carbocycles. The third kappa shape index (κ3) is 3.36. The third-order valence-corrected chi connectivity index (χ3v) is 5.70. The lowest BCUT2D eigenvalue weighted by Gasteiger charge is -2.36. The molecule has 2 aromatic rings. The minimum absolute atomic E-state index is 0.0907. The first kappa shape index (κ1) is 18.2. The van der Waals surface area contributed by atoms with Crippen LogP contribution in [-0.2, 0) is 4.79 Å². The van der Waals surface area contributed by atoms with Crippen molar-refractivity contribution in [3.8, 4) is 6.07 Å². The Morgan fingerprint density at radius 2 is 2.18 bits per heavy atom. The molecule has 0 bridgehead atoms. The van der Waals surface area contributed by atoms with Gasteiger partial charge in [0.25, 0.3) is 0 Å². The van der Waals surface area contributed by atoms with Crippen LogP contribution in [0, 0.1) is 24.2 Å². The summed E-state index contributed by atoms with van der Waals surface area (Å²) in [5, 5.41) is 12.1. The molecule has 1 aliphatic heterocycles. The lowest BCUT2D eigenvalue weighted by molar-refractivity contribution is -0.135. The highest BCUT2D eigenvalue weighted by Crippen LogP contribution is 2.40. The molecule has 28 heavy (non-hydrogen) atoms. The maximum Gasteiger partial charge on any atom is 0.230 e. The van der Waals surface area contributed by atoms with Crippen LogP contribution < -0.4 is 5.32 Å². The van der Waals surface area contributed by atoms with E-state index in [1.54, 1.807) is 12.3 Å². The molecular formula is C22H23N5O. The lowest BCUT2D eigenvalue weighted by Crippen LogP contribution is -2.40. The van der Waals surface area contributed by atoms with Gasteiger partial charge in [0.05, 0.1) is 12.0 Å². The minimum Gasteiger partial charge on any atom is -0.335 e. The summed E-state index contributed by atoms with van der Waals surface area (Å²) in [6.07, 6.45) is 4.27. The van der Waals surface area contributed by atoms with Gasteiger partial charge >= 0.3 is 0 Å². The maximum absolute atomic E-state index is 13.2. The molecule has 0 spiro atoms. The van der Waals surface area contributed by atoms with Gasteiger partial charge < -0.3 is 10.2 Å². The van der Waals surface area contributed by atoms with E-state index < -0.39 is 0 Å². The van der Waals surface area contributed by atoms with E-state index in [0.717, 1.165) is 30.7 Å². The number of rotatable bonds is 4. The van der Waals surface area contributed by atoms with Crippen LogP contribution in [0.25, 0.3) is 0 Å². The van der Waals surface area contributed by atoms with E-state index in [0.29, 0.717) is 18.1 Å².